The van der Waals surface area contributed by atoms with Crippen molar-refractivity contribution in [3.05, 3.63) is 21.7 Å². The van der Waals surface area contributed by atoms with Crippen molar-refractivity contribution < 1.29 is 4.79 Å². The van der Waals surface area contributed by atoms with E-state index in [1.165, 1.54) is 0 Å². The average Bonchev–Trinajstić information content (AvgIpc) is 2.39. The van der Waals surface area contributed by atoms with Crippen molar-refractivity contribution in [2.75, 3.05) is 32.7 Å². The molecule has 2 bridgehead atoms. The number of aldehydes is 1. The second-order valence-corrected chi connectivity index (χ2v) is 5.26. The average molecular weight is 287 g/mol. The smallest absolute Gasteiger partial charge is 0.156 e. The first-order valence-electron chi connectivity index (χ1n) is 5.83. The maximum absolute atomic E-state index is 10.8. The molecule has 3 saturated heterocycles. The van der Waals surface area contributed by atoms with E-state index in [1.807, 2.05) is 0 Å². The summed E-state index contributed by atoms with van der Waals surface area (Å²) in [4.78, 5) is 23.9. The lowest BCUT2D eigenvalue weighted by molar-refractivity contribution is 0.00864. The fourth-order valence-electron chi connectivity index (χ4n) is 2.54. The van der Waals surface area contributed by atoms with Gasteiger partial charge in [-0.2, -0.15) is 0 Å². The van der Waals surface area contributed by atoms with Crippen molar-refractivity contribution in [2.45, 2.75) is 6.04 Å². The Balaban J connectivity index is 1.95. The molecule has 1 unspecified atom stereocenters. The topological polar surface area (TPSA) is 49.3 Å². The molecule has 96 valence electrons. The fraction of sp³-hybridized carbons (Fsp3) is 0.545. The van der Waals surface area contributed by atoms with Gasteiger partial charge in [0.15, 0.2) is 6.29 Å². The summed E-state index contributed by atoms with van der Waals surface area (Å²) in [6.07, 6.45) is 0.589. The number of aromatic nitrogens is 2. The molecule has 0 aliphatic carbocycles. The van der Waals surface area contributed by atoms with E-state index in [-0.39, 0.29) is 21.9 Å². The minimum atomic E-state index is 0.128. The molecule has 1 aromatic heterocycles. The van der Waals surface area contributed by atoms with Gasteiger partial charge in [0.25, 0.3) is 0 Å². The second kappa shape index (κ2) is 4.74. The number of fused-ring (bicyclic) bond motifs is 3. The van der Waals surface area contributed by atoms with Gasteiger partial charge in [-0.15, -0.1) is 0 Å². The van der Waals surface area contributed by atoms with E-state index in [1.54, 1.807) is 0 Å². The van der Waals surface area contributed by atoms with E-state index < -0.39 is 0 Å². The standard InChI is InChI=1S/C11H12Cl2N4O/c12-9-7(6-18)10(13)15-11(14-9)8-5-16-1-3-17(8)4-2-16/h6,8H,1-5H2. The van der Waals surface area contributed by atoms with Crippen LogP contribution < -0.4 is 0 Å². The number of piperazine rings is 3. The Morgan fingerprint density at radius 3 is 2.17 bits per heavy atom. The van der Waals surface area contributed by atoms with Crippen LogP contribution in [0.2, 0.25) is 10.3 Å². The molecule has 3 fully saturated rings. The second-order valence-electron chi connectivity index (χ2n) is 4.55. The van der Waals surface area contributed by atoms with Crippen molar-refractivity contribution in [2.24, 2.45) is 0 Å². The van der Waals surface area contributed by atoms with Crippen molar-refractivity contribution in [1.29, 1.82) is 0 Å². The highest BCUT2D eigenvalue weighted by Gasteiger charge is 2.35. The molecule has 0 N–H and O–H groups in total. The van der Waals surface area contributed by atoms with Gasteiger partial charge in [0.1, 0.15) is 16.1 Å². The highest BCUT2D eigenvalue weighted by Crippen LogP contribution is 2.29. The molecule has 5 nitrogen and oxygen atoms in total. The fourth-order valence-corrected chi connectivity index (χ4v) is 3.03. The Kier molecular flexibility index (Phi) is 3.23. The molecule has 1 atom stereocenters. The summed E-state index contributed by atoms with van der Waals surface area (Å²) >= 11 is 11.9. The predicted molar refractivity (Wildman–Crippen MR) is 68.2 cm³/mol. The largest absolute Gasteiger partial charge is 0.299 e. The Morgan fingerprint density at radius 2 is 1.72 bits per heavy atom. The van der Waals surface area contributed by atoms with Crippen LogP contribution in [0.4, 0.5) is 0 Å². The van der Waals surface area contributed by atoms with E-state index in [4.69, 9.17) is 23.2 Å². The van der Waals surface area contributed by atoms with Gasteiger partial charge >= 0.3 is 0 Å². The summed E-state index contributed by atoms with van der Waals surface area (Å²) in [6.45, 7) is 5.10. The highest BCUT2D eigenvalue weighted by atomic mass is 35.5. The van der Waals surface area contributed by atoms with Crippen LogP contribution in [0.25, 0.3) is 0 Å². The maximum Gasteiger partial charge on any atom is 0.156 e. The Morgan fingerprint density at radius 1 is 1.11 bits per heavy atom. The molecule has 4 rings (SSSR count). The normalized spacial score (nSPS) is 30.4. The number of carbonyl (C=O) groups excluding carboxylic acids is 1. The highest BCUT2D eigenvalue weighted by molar-refractivity contribution is 6.36. The minimum absolute atomic E-state index is 0.128. The molecule has 0 spiro atoms. The van der Waals surface area contributed by atoms with Crippen LogP contribution in [0.15, 0.2) is 0 Å². The summed E-state index contributed by atoms with van der Waals surface area (Å²) in [5.41, 5.74) is 0.165. The Bertz CT molecular complexity index is 465. The van der Waals surface area contributed by atoms with Gasteiger partial charge in [-0.05, 0) is 0 Å². The third-order valence-electron chi connectivity index (χ3n) is 3.56. The molecule has 0 aromatic carbocycles. The lowest BCUT2D eigenvalue weighted by Gasteiger charge is -2.46. The zero-order valence-electron chi connectivity index (χ0n) is 9.64. The lowest BCUT2D eigenvalue weighted by Crippen LogP contribution is -2.57. The van der Waals surface area contributed by atoms with E-state index in [0.29, 0.717) is 12.1 Å². The van der Waals surface area contributed by atoms with Crippen molar-refractivity contribution in [3.8, 4) is 0 Å². The van der Waals surface area contributed by atoms with Crippen LogP contribution in [0.1, 0.15) is 22.2 Å². The van der Waals surface area contributed by atoms with Crippen LogP contribution in [-0.2, 0) is 0 Å². The van der Waals surface area contributed by atoms with Crippen molar-refractivity contribution in [1.82, 2.24) is 19.8 Å². The van der Waals surface area contributed by atoms with Crippen LogP contribution in [0, 0.1) is 0 Å². The van der Waals surface area contributed by atoms with Gasteiger partial charge in [0.05, 0.1) is 11.6 Å². The summed E-state index contributed by atoms with van der Waals surface area (Å²) in [7, 11) is 0. The van der Waals surface area contributed by atoms with Gasteiger partial charge in [0, 0.05) is 32.7 Å². The predicted octanol–water partition coefficient (Wildman–Crippen LogP) is 1.27. The number of carbonyl (C=O) groups is 1. The Labute approximate surface area is 115 Å². The minimum Gasteiger partial charge on any atom is -0.299 e. The van der Waals surface area contributed by atoms with E-state index in [9.17, 15) is 4.79 Å². The summed E-state index contributed by atoms with van der Waals surface area (Å²) in [6, 6.07) is 0.128. The van der Waals surface area contributed by atoms with Gasteiger partial charge in [-0.3, -0.25) is 14.6 Å². The molecule has 4 heterocycles. The molecule has 7 heteroatoms. The molecule has 0 amide bonds. The van der Waals surface area contributed by atoms with Gasteiger partial charge in [0.2, 0.25) is 0 Å². The number of halogens is 2. The molecular formula is C11H12Cl2N4O. The molecule has 3 aliphatic heterocycles. The quantitative estimate of drug-likeness (QED) is 0.605. The molecule has 1 aromatic rings. The van der Waals surface area contributed by atoms with Gasteiger partial charge in [-0.25, -0.2) is 9.97 Å². The van der Waals surface area contributed by atoms with E-state index in [0.717, 1.165) is 32.7 Å². The first-order chi connectivity index (χ1) is 8.69. The third-order valence-corrected chi connectivity index (χ3v) is 4.14. The first kappa shape index (κ1) is 12.3. The Hall–Kier alpha value is -0.750. The van der Waals surface area contributed by atoms with Gasteiger partial charge in [-0.1, -0.05) is 23.2 Å². The summed E-state index contributed by atoms with van der Waals surface area (Å²) in [5.74, 6) is 0.611. The number of hydrogen-bond acceptors (Lipinski definition) is 5. The van der Waals surface area contributed by atoms with E-state index >= 15 is 0 Å². The van der Waals surface area contributed by atoms with Crippen LogP contribution in [0.3, 0.4) is 0 Å². The molecule has 0 radical (unpaired) electrons. The van der Waals surface area contributed by atoms with Crippen molar-refractivity contribution >= 4 is 29.5 Å². The summed E-state index contributed by atoms with van der Waals surface area (Å²) in [5, 5.41) is 0.273. The number of hydrogen-bond donors (Lipinski definition) is 0. The van der Waals surface area contributed by atoms with Crippen LogP contribution in [0.5, 0.6) is 0 Å². The molecule has 3 aliphatic rings. The number of nitrogens with zero attached hydrogens (tertiary/aromatic N) is 4. The van der Waals surface area contributed by atoms with E-state index in [2.05, 4.69) is 19.8 Å². The zero-order chi connectivity index (χ0) is 12.7. The van der Waals surface area contributed by atoms with Crippen molar-refractivity contribution in [3.63, 3.8) is 0 Å². The van der Waals surface area contributed by atoms with Crippen LogP contribution >= 0.6 is 23.2 Å². The molecule has 0 saturated carbocycles. The first-order valence-corrected chi connectivity index (χ1v) is 6.59. The molecule has 18 heavy (non-hydrogen) atoms. The summed E-state index contributed by atoms with van der Waals surface area (Å²) < 4.78 is 0. The SMILES string of the molecule is O=Cc1c(Cl)nc(C2CN3CCN2CC3)nc1Cl. The zero-order valence-corrected chi connectivity index (χ0v) is 11.2. The van der Waals surface area contributed by atoms with Gasteiger partial charge < -0.3 is 0 Å². The molecular weight excluding hydrogens is 275 g/mol. The van der Waals surface area contributed by atoms with Crippen LogP contribution in [-0.4, -0.2) is 58.8 Å². The third kappa shape index (κ3) is 2.01. The number of rotatable bonds is 2. The monoisotopic (exact) mass is 286 g/mol. The lowest BCUT2D eigenvalue weighted by atomic mass is 10.1. The maximum atomic E-state index is 10.8.